The lowest BCUT2D eigenvalue weighted by atomic mass is 9.94. The summed E-state index contributed by atoms with van der Waals surface area (Å²) in [6, 6.07) is 10.5. The predicted molar refractivity (Wildman–Crippen MR) is 91.5 cm³/mol. The summed E-state index contributed by atoms with van der Waals surface area (Å²) in [6.45, 7) is 4.18. The molecule has 0 bridgehead atoms. The largest absolute Gasteiger partial charge is 0.389 e. The van der Waals surface area contributed by atoms with Gasteiger partial charge in [-0.1, -0.05) is 36.4 Å². The number of aliphatic hydroxyl groups is 1. The summed E-state index contributed by atoms with van der Waals surface area (Å²) in [6.07, 6.45) is -0.465. The van der Waals surface area contributed by atoms with Gasteiger partial charge in [0.2, 0.25) is 6.04 Å². The first-order valence-corrected chi connectivity index (χ1v) is 8.10. The maximum Gasteiger partial charge on any atom is 0.239 e. The molecule has 0 aromatic heterocycles. The van der Waals surface area contributed by atoms with Crippen molar-refractivity contribution in [3.63, 3.8) is 0 Å². The molecule has 0 fully saturated rings. The van der Waals surface area contributed by atoms with Crippen LogP contribution in [0.4, 0.5) is 0 Å². The van der Waals surface area contributed by atoms with Crippen molar-refractivity contribution in [2.45, 2.75) is 32.6 Å². The Kier molecular flexibility index (Phi) is 6.66. The number of aliphatic hydroxyl groups excluding tert-OH is 1. The van der Waals surface area contributed by atoms with Crippen LogP contribution in [0.1, 0.15) is 31.3 Å². The summed E-state index contributed by atoms with van der Waals surface area (Å²) in [4.78, 5) is 10.7. The van der Waals surface area contributed by atoms with Crippen LogP contribution in [0.25, 0.3) is 10.8 Å². The molecule has 0 radical (unpaired) electrons. The van der Waals surface area contributed by atoms with Crippen LogP contribution in [0, 0.1) is 10.1 Å². The van der Waals surface area contributed by atoms with Crippen LogP contribution in [-0.4, -0.2) is 35.9 Å². The van der Waals surface area contributed by atoms with E-state index in [1.54, 1.807) is 0 Å². The fourth-order valence-corrected chi connectivity index (χ4v) is 2.77. The maximum absolute atomic E-state index is 11.1. The van der Waals surface area contributed by atoms with Gasteiger partial charge in [-0.2, -0.15) is 0 Å². The average molecular weight is 333 g/mol. The molecule has 130 valence electrons. The first kappa shape index (κ1) is 18.3. The lowest BCUT2D eigenvalue weighted by molar-refractivity contribution is -0.525. The standard InChI is InChI=1S/C18H23NO5/c1-3-23-18(24-4-2)17-14(11-15(12-20)19(21)22)10-9-13-7-5-6-8-16(13)17/h5-10,15,18,20H,3-4,11-12H2,1-2H3. The zero-order chi connectivity index (χ0) is 17.5. The van der Waals surface area contributed by atoms with Gasteiger partial charge in [-0.15, -0.1) is 0 Å². The predicted octanol–water partition coefficient (Wildman–Crippen LogP) is 3.09. The van der Waals surface area contributed by atoms with E-state index in [9.17, 15) is 15.2 Å². The van der Waals surface area contributed by atoms with Crippen molar-refractivity contribution in [3.05, 3.63) is 57.6 Å². The van der Waals surface area contributed by atoms with Crippen molar-refractivity contribution in [2.75, 3.05) is 19.8 Å². The molecule has 1 atom stereocenters. The molecule has 0 amide bonds. The van der Waals surface area contributed by atoms with E-state index in [0.717, 1.165) is 21.9 Å². The van der Waals surface area contributed by atoms with Crippen LogP contribution in [0.15, 0.2) is 36.4 Å². The maximum atomic E-state index is 11.1. The highest BCUT2D eigenvalue weighted by Crippen LogP contribution is 2.32. The quantitative estimate of drug-likeness (QED) is 0.433. The van der Waals surface area contributed by atoms with E-state index in [-0.39, 0.29) is 6.42 Å². The third-order valence-electron chi connectivity index (χ3n) is 3.90. The number of hydrogen-bond donors (Lipinski definition) is 1. The van der Waals surface area contributed by atoms with Gasteiger partial charge >= 0.3 is 0 Å². The second kappa shape index (κ2) is 8.73. The Morgan fingerprint density at radius 1 is 1.12 bits per heavy atom. The summed E-state index contributed by atoms with van der Waals surface area (Å²) in [5.41, 5.74) is 1.56. The molecule has 2 rings (SSSR count). The van der Waals surface area contributed by atoms with E-state index in [4.69, 9.17) is 9.47 Å². The van der Waals surface area contributed by atoms with E-state index in [0.29, 0.717) is 13.2 Å². The van der Waals surface area contributed by atoms with Gasteiger partial charge in [0.05, 0.1) is 0 Å². The normalized spacial score (nSPS) is 12.7. The first-order chi connectivity index (χ1) is 11.6. The topological polar surface area (TPSA) is 81.8 Å². The molecule has 24 heavy (non-hydrogen) atoms. The Labute approximate surface area is 141 Å². The van der Waals surface area contributed by atoms with Crippen LogP contribution < -0.4 is 0 Å². The molecule has 1 unspecified atom stereocenters. The van der Waals surface area contributed by atoms with Crippen molar-refractivity contribution in [2.24, 2.45) is 0 Å². The minimum atomic E-state index is -1.05. The van der Waals surface area contributed by atoms with Crippen LogP contribution >= 0.6 is 0 Å². The van der Waals surface area contributed by atoms with Crippen LogP contribution in [-0.2, 0) is 15.9 Å². The monoisotopic (exact) mass is 333 g/mol. The second-order valence-electron chi connectivity index (χ2n) is 5.43. The van der Waals surface area contributed by atoms with Crippen molar-refractivity contribution < 1.29 is 19.5 Å². The molecule has 0 aliphatic heterocycles. The molecule has 0 saturated heterocycles. The number of nitro groups is 1. The van der Waals surface area contributed by atoms with Crippen LogP contribution in [0.3, 0.4) is 0 Å². The van der Waals surface area contributed by atoms with Crippen LogP contribution in [0.2, 0.25) is 0 Å². The minimum absolute atomic E-state index is 0.125. The van der Waals surface area contributed by atoms with Crippen LogP contribution in [0.5, 0.6) is 0 Å². The van der Waals surface area contributed by atoms with Gasteiger partial charge in [0.1, 0.15) is 6.61 Å². The first-order valence-electron chi connectivity index (χ1n) is 8.10. The fourth-order valence-electron chi connectivity index (χ4n) is 2.77. The van der Waals surface area contributed by atoms with E-state index in [1.165, 1.54) is 0 Å². The molecule has 6 nitrogen and oxygen atoms in total. The summed E-state index contributed by atoms with van der Waals surface area (Å²) in [5, 5.41) is 22.4. The molecule has 2 aromatic carbocycles. The number of ether oxygens (including phenoxy) is 2. The summed E-state index contributed by atoms with van der Waals surface area (Å²) in [5.74, 6) is 0. The molecule has 0 aliphatic carbocycles. The lowest BCUT2D eigenvalue weighted by Gasteiger charge is -2.23. The second-order valence-corrected chi connectivity index (χ2v) is 5.43. The molecule has 2 aromatic rings. The number of hydrogen-bond acceptors (Lipinski definition) is 5. The molecule has 6 heteroatoms. The number of nitrogens with zero attached hydrogens (tertiary/aromatic N) is 1. The zero-order valence-corrected chi connectivity index (χ0v) is 14.0. The van der Waals surface area contributed by atoms with Gasteiger partial charge in [0.15, 0.2) is 6.29 Å². The third-order valence-corrected chi connectivity index (χ3v) is 3.90. The number of fused-ring (bicyclic) bond motifs is 1. The van der Waals surface area contributed by atoms with Gasteiger partial charge in [-0.05, 0) is 30.2 Å². The molecule has 0 heterocycles. The van der Waals surface area contributed by atoms with E-state index >= 15 is 0 Å². The summed E-state index contributed by atoms with van der Waals surface area (Å²) in [7, 11) is 0. The molecule has 0 aliphatic rings. The van der Waals surface area contributed by atoms with Gasteiger partial charge in [0, 0.05) is 30.1 Å². The number of rotatable bonds is 9. The molecule has 1 N–H and O–H groups in total. The fraction of sp³-hybridized carbons (Fsp3) is 0.444. The van der Waals surface area contributed by atoms with Gasteiger partial charge in [-0.3, -0.25) is 10.1 Å². The van der Waals surface area contributed by atoms with Crippen molar-refractivity contribution in [1.82, 2.24) is 0 Å². The van der Waals surface area contributed by atoms with Crippen molar-refractivity contribution >= 4 is 10.8 Å². The smallest absolute Gasteiger partial charge is 0.239 e. The zero-order valence-electron chi connectivity index (χ0n) is 14.0. The van der Waals surface area contributed by atoms with Gasteiger partial charge in [-0.25, -0.2) is 0 Å². The van der Waals surface area contributed by atoms with Gasteiger partial charge in [0.25, 0.3) is 0 Å². The minimum Gasteiger partial charge on any atom is -0.389 e. The van der Waals surface area contributed by atoms with Crippen molar-refractivity contribution in [1.29, 1.82) is 0 Å². The highest BCUT2D eigenvalue weighted by atomic mass is 16.7. The molecule has 0 spiro atoms. The Morgan fingerprint density at radius 3 is 2.38 bits per heavy atom. The lowest BCUT2D eigenvalue weighted by Crippen LogP contribution is -2.27. The SMILES string of the molecule is CCOC(OCC)c1c(CC(CO)[N+](=O)[O-])ccc2ccccc12. The summed E-state index contributed by atoms with van der Waals surface area (Å²) < 4.78 is 11.5. The van der Waals surface area contributed by atoms with E-state index in [1.807, 2.05) is 50.2 Å². The summed E-state index contributed by atoms with van der Waals surface area (Å²) >= 11 is 0. The molecular weight excluding hydrogens is 310 g/mol. The van der Waals surface area contributed by atoms with E-state index in [2.05, 4.69) is 0 Å². The Morgan fingerprint density at radius 2 is 1.79 bits per heavy atom. The highest BCUT2D eigenvalue weighted by molar-refractivity contribution is 5.87. The Bertz CT molecular complexity index is 682. The number of benzene rings is 2. The Hall–Kier alpha value is -2.02. The molecular formula is C18H23NO5. The van der Waals surface area contributed by atoms with Gasteiger partial charge < -0.3 is 14.6 Å². The van der Waals surface area contributed by atoms with Crippen molar-refractivity contribution in [3.8, 4) is 0 Å². The molecule has 0 saturated carbocycles. The average Bonchev–Trinajstić information content (AvgIpc) is 2.58. The van der Waals surface area contributed by atoms with E-state index < -0.39 is 23.9 Å². The highest BCUT2D eigenvalue weighted by Gasteiger charge is 2.25. The Balaban J connectivity index is 2.56. The third kappa shape index (κ3) is 4.08.